The Morgan fingerprint density at radius 1 is 1.40 bits per heavy atom. The third-order valence-corrected chi connectivity index (χ3v) is 4.40. The van der Waals surface area contributed by atoms with E-state index in [1.807, 2.05) is 24.4 Å². The van der Waals surface area contributed by atoms with Crippen LogP contribution in [0.25, 0.3) is 0 Å². The summed E-state index contributed by atoms with van der Waals surface area (Å²) in [5.41, 5.74) is 0. The fourth-order valence-corrected chi connectivity index (χ4v) is 2.79. The molecule has 1 rings (SSSR count). The highest BCUT2D eigenvalue weighted by atomic mass is 33.5. The Labute approximate surface area is 72.2 Å². The number of nitrogens with zero attached hydrogens (tertiary/aromatic N) is 1. The molecule has 54 valence electrons. The maximum Gasteiger partial charge on any atom is 0.107 e. The van der Waals surface area contributed by atoms with Crippen molar-refractivity contribution in [3.05, 3.63) is 24.4 Å². The Morgan fingerprint density at radius 2 is 2.30 bits per heavy atom. The van der Waals surface area contributed by atoms with Crippen molar-refractivity contribution in [2.75, 3.05) is 6.26 Å². The standard InChI is InChI=1S/C6H7NS3/c1-8-10-9-6-4-2-3-5-7-6/h2-5H,1H3. The van der Waals surface area contributed by atoms with Crippen molar-refractivity contribution in [2.24, 2.45) is 0 Å². The van der Waals surface area contributed by atoms with E-state index in [0.717, 1.165) is 5.03 Å². The van der Waals surface area contributed by atoms with Crippen molar-refractivity contribution in [1.29, 1.82) is 0 Å². The molecule has 1 aromatic rings. The lowest BCUT2D eigenvalue weighted by molar-refractivity contribution is 1.14. The van der Waals surface area contributed by atoms with Gasteiger partial charge in [-0.15, -0.1) is 0 Å². The molecule has 0 N–H and O–H groups in total. The zero-order chi connectivity index (χ0) is 7.23. The van der Waals surface area contributed by atoms with Crippen LogP contribution in [0.15, 0.2) is 29.4 Å². The minimum absolute atomic E-state index is 1.07. The molecular formula is C6H7NS3. The van der Waals surface area contributed by atoms with Gasteiger partial charge in [-0.2, -0.15) is 0 Å². The Balaban J connectivity index is 2.43. The van der Waals surface area contributed by atoms with Crippen LogP contribution in [0.2, 0.25) is 0 Å². The van der Waals surface area contributed by atoms with Crippen LogP contribution in [-0.2, 0) is 0 Å². The molecule has 0 aliphatic rings. The van der Waals surface area contributed by atoms with E-state index in [1.54, 1.807) is 31.4 Å². The summed E-state index contributed by atoms with van der Waals surface area (Å²) in [6.45, 7) is 0. The van der Waals surface area contributed by atoms with E-state index < -0.39 is 0 Å². The number of hydrogen-bond donors (Lipinski definition) is 0. The lowest BCUT2D eigenvalue weighted by Crippen LogP contribution is -1.71. The summed E-state index contributed by atoms with van der Waals surface area (Å²) in [6, 6.07) is 5.93. The molecule has 4 heteroatoms. The lowest BCUT2D eigenvalue weighted by atomic mass is 10.5. The molecule has 0 fully saturated rings. The van der Waals surface area contributed by atoms with Gasteiger partial charge in [-0.1, -0.05) is 16.9 Å². The summed E-state index contributed by atoms with van der Waals surface area (Å²) in [7, 11) is 5.16. The average molecular weight is 189 g/mol. The molecule has 1 heterocycles. The van der Waals surface area contributed by atoms with Gasteiger partial charge in [-0.25, -0.2) is 4.98 Å². The number of rotatable bonds is 3. The van der Waals surface area contributed by atoms with Gasteiger partial charge in [0.25, 0.3) is 0 Å². The van der Waals surface area contributed by atoms with E-state index in [4.69, 9.17) is 0 Å². The van der Waals surface area contributed by atoms with E-state index in [2.05, 4.69) is 11.2 Å². The summed E-state index contributed by atoms with van der Waals surface area (Å²) < 4.78 is 0. The molecule has 0 amide bonds. The van der Waals surface area contributed by atoms with Crippen molar-refractivity contribution < 1.29 is 0 Å². The molecule has 1 aromatic heterocycles. The topological polar surface area (TPSA) is 12.9 Å². The van der Waals surface area contributed by atoms with Gasteiger partial charge < -0.3 is 0 Å². The smallest absolute Gasteiger partial charge is 0.107 e. The largest absolute Gasteiger partial charge is 0.249 e. The first-order valence-electron chi connectivity index (χ1n) is 2.72. The molecular weight excluding hydrogens is 182 g/mol. The average Bonchev–Trinajstić information content (AvgIpc) is 2.03. The molecule has 10 heavy (non-hydrogen) atoms. The minimum Gasteiger partial charge on any atom is -0.249 e. The molecule has 0 radical (unpaired) electrons. The second-order valence-corrected chi connectivity index (χ2v) is 5.67. The minimum atomic E-state index is 1.07. The van der Waals surface area contributed by atoms with Gasteiger partial charge in [-0.05, 0) is 39.0 Å². The maximum absolute atomic E-state index is 4.15. The van der Waals surface area contributed by atoms with Crippen LogP contribution in [0.1, 0.15) is 0 Å². The van der Waals surface area contributed by atoms with Crippen molar-refractivity contribution in [3.8, 4) is 0 Å². The van der Waals surface area contributed by atoms with Crippen molar-refractivity contribution >= 4 is 31.4 Å². The summed E-state index contributed by atoms with van der Waals surface area (Å²) >= 11 is 0. The van der Waals surface area contributed by atoms with E-state index in [1.165, 1.54) is 0 Å². The van der Waals surface area contributed by atoms with Gasteiger partial charge in [-0.3, -0.25) is 0 Å². The Kier molecular flexibility index (Phi) is 4.09. The Hall–Kier alpha value is 0.200. The van der Waals surface area contributed by atoms with Crippen molar-refractivity contribution in [3.63, 3.8) is 0 Å². The highest BCUT2D eigenvalue weighted by molar-refractivity contribution is 9.09. The first-order chi connectivity index (χ1) is 4.93. The van der Waals surface area contributed by atoms with Gasteiger partial charge in [0.15, 0.2) is 0 Å². The van der Waals surface area contributed by atoms with Crippen LogP contribution in [0.4, 0.5) is 0 Å². The van der Waals surface area contributed by atoms with Crippen molar-refractivity contribution in [1.82, 2.24) is 4.98 Å². The normalized spacial score (nSPS) is 9.70. The third kappa shape index (κ3) is 2.86. The van der Waals surface area contributed by atoms with Crippen LogP contribution < -0.4 is 0 Å². The van der Waals surface area contributed by atoms with Gasteiger partial charge in [0.2, 0.25) is 0 Å². The SMILES string of the molecule is CSSSc1ccccn1. The fourth-order valence-electron chi connectivity index (χ4n) is 0.465. The lowest BCUT2D eigenvalue weighted by Gasteiger charge is -1.93. The van der Waals surface area contributed by atoms with Gasteiger partial charge >= 0.3 is 0 Å². The summed E-state index contributed by atoms with van der Waals surface area (Å²) in [5.74, 6) is 0. The van der Waals surface area contributed by atoms with E-state index in [-0.39, 0.29) is 0 Å². The molecule has 0 saturated heterocycles. The second kappa shape index (κ2) is 4.93. The number of aromatic nitrogens is 1. The van der Waals surface area contributed by atoms with Crippen LogP contribution in [0, 0.1) is 0 Å². The van der Waals surface area contributed by atoms with Gasteiger partial charge in [0, 0.05) is 6.20 Å². The number of pyridine rings is 1. The maximum atomic E-state index is 4.15. The molecule has 0 spiro atoms. The molecule has 0 aliphatic carbocycles. The summed E-state index contributed by atoms with van der Waals surface area (Å²) in [6.07, 6.45) is 3.86. The molecule has 0 bridgehead atoms. The van der Waals surface area contributed by atoms with E-state index in [9.17, 15) is 0 Å². The Morgan fingerprint density at radius 3 is 2.90 bits per heavy atom. The van der Waals surface area contributed by atoms with E-state index in [0.29, 0.717) is 0 Å². The zero-order valence-electron chi connectivity index (χ0n) is 5.48. The van der Waals surface area contributed by atoms with Crippen LogP contribution in [0.3, 0.4) is 0 Å². The Bertz CT molecular complexity index is 178. The summed E-state index contributed by atoms with van der Waals surface area (Å²) in [4.78, 5) is 4.15. The first kappa shape index (κ1) is 8.30. The summed E-state index contributed by atoms with van der Waals surface area (Å²) in [5, 5.41) is 1.07. The van der Waals surface area contributed by atoms with Crippen molar-refractivity contribution in [2.45, 2.75) is 5.03 Å². The molecule has 0 saturated carbocycles. The molecule has 0 atom stereocenters. The predicted octanol–water partition coefficient (Wildman–Crippen LogP) is 3.10. The zero-order valence-corrected chi connectivity index (χ0v) is 7.93. The predicted molar refractivity (Wildman–Crippen MR) is 51.2 cm³/mol. The van der Waals surface area contributed by atoms with Gasteiger partial charge in [0.1, 0.15) is 5.03 Å². The third-order valence-electron chi connectivity index (χ3n) is 0.825. The van der Waals surface area contributed by atoms with Crippen LogP contribution in [0.5, 0.6) is 0 Å². The van der Waals surface area contributed by atoms with Crippen LogP contribution in [-0.4, -0.2) is 11.2 Å². The fraction of sp³-hybridized carbons (Fsp3) is 0.167. The highest BCUT2D eigenvalue weighted by Crippen LogP contribution is 2.36. The molecule has 0 unspecified atom stereocenters. The molecule has 1 nitrogen and oxygen atoms in total. The van der Waals surface area contributed by atoms with Crippen LogP contribution >= 0.6 is 31.4 Å². The molecule has 0 aliphatic heterocycles. The quantitative estimate of drug-likeness (QED) is 0.677. The van der Waals surface area contributed by atoms with E-state index >= 15 is 0 Å². The second-order valence-electron chi connectivity index (χ2n) is 1.49. The molecule has 0 aromatic carbocycles. The highest BCUT2D eigenvalue weighted by Gasteiger charge is 1.90. The first-order valence-corrected chi connectivity index (χ1v) is 6.61. The monoisotopic (exact) mass is 189 g/mol. The van der Waals surface area contributed by atoms with Gasteiger partial charge in [0.05, 0.1) is 0 Å². The number of hydrogen-bond acceptors (Lipinski definition) is 4.